The van der Waals surface area contributed by atoms with E-state index in [9.17, 15) is 4.79 Å². The summed E-state index contributed by atoms with van der Waals surface area (Å²) < 4.78 is 2.26. The number of hydrogen-bond acceptors (Lipinski definition) is 5. The lowest BCUT2D eigenvalue weighted by Crippen LogP contribution is -2.56. The van der Waals surface area contributed by atoms with Crippen LogP contribution in [0.15, 0.2) is 48.8 Å². The first-order chi connectivity index (χ1) is 13.7. The third kappa shape index (κ3) is 4.05. The molecule has 7 heteroatoms. The predicted molar refractivity (Wildman–Crippen MR) is 109 cm³/mol. The summed E-state index contributed by atoms with van der Waals surface area (Å²) in [6.07, 6.45) is 3.51. The maximum absolute atomic E-state index is 12.6. The lowest BCUT2D eigenvalue weighted by Gasteiger charge is -2.32. The molecule has 0 unspecified atom stereocenters. The van der Waals surface area contributed by atoms with Gasteiger partial charge in [0.2, 0.25) is 5.91 Å². The Balaban J connectivity index is 1.39. The molecular weight excluding hydrogens is 352 g/mol. The Morgan fingerprint density at radius 3 is 3.00 bits per heavy atom. The van der Waals surface area contributed by atoms with Crippen molar-refractivity contribution in [2.75, 3.05) is 19.6 Å². The molecule has 4 rings (SSSR count). The predicted octanol–water partition coefficient (Wildman–Crippen LogP) is 1.54. The number of hydrogen-bond donors (Lipinski definition) is 2. The minimum atomic E-state index is -0.218. The molecule has 0 bridgehead atoms. The molecule has 1 atom stereocenters. The maximum atomic E-state index is 12.6. The molecule has 0 aliphatic carbocycles. The van der Waals surface area contributed by atoms with Gasteiger partial charge in [0, 0.05) is 45.1 Å². The summed E-state index contributed by atoms with van der Waals surface area (Å²) in [5, 5.41) is 6.34. The number of nitrogens with one attached hydrogen (secondary N) is 2. The van der Waals surface area contributed by atoms with Crippen molar-refractivity contribution >= 4 is 16.9 Å². The first kappa shape index (κ1) is 18.6. The highest BCUT2D eigenvalue weighted by Gasteiger charge is 2.26. The van der Waals surface area contributed by atoms with Gasteiger partial charge in [-0.3, -0.25) is 14.7 Å². The number of fused-ring (bicyclic) bond motifs is 1. The highest BCUT2D eigenvalue weighted by Crippen LogP contribution is 2.17. The molecule has 1 aromatic carbocycles. The lowest BCUT2D eigenvalue weighted by atomic mass is 10.2. The third-order valence-corrected chi connectivity index (χ3v) is 5.18. The molecule has 0 spiro atoms. The standard InChI is InChI=1S/C21H26N6O/c1-2-27-19-8-4-3-7-17(19)25-20(27)15-26-11-10-23-18(14-26)21(28)24-13-16-6-5-9-22-12-16/h3-9,12,18,23H,2,10-11,13-15H2,1H3,(H,24,28)/t18-/m0/s1. The van der Waals surface area contributed by atoms with Crippen molar-refractivity contribution in [3.63, 3.8) is 0 Å². The summed E-state index contributed by atoms with van der Waals surface area (Å²) in [7, 11) is 0. The van der Waals surface area contributed by atoms with Crippen LogP contribution in [-0.4, -0.2) is 51.0 Å². The second kappa shape index (κ2) is 8.50. The van der Waals surface area contributed by atoms with Crippen molar-refractivity contribution < 1.29 is 4.79 Å². The van der Waals surface area contributed by atoms with Gasteiger partial charge in [0.25, 0.3) is 0 Å². The quantitative estimate of drug-likeness (QED) is 0.681. The number of piperazine rings is 1. The summed E-state index contributed by atoms with van der Waals surface area (Å²) >= 11 is 0. The van der Waals surface area contributed by atoms with Crippen molar-refractivity contribution in [1.82, 2.24) is 30.1 Å². The number of amides is 1. The Morgan fingerprint density at radius 2 is 2.18 bits per heavy atom. The molecule has 3 heterocycles. The second-order valence-corrected chi connectivity index (χ2v) is 7.08. The van der Waals surface area contributed by atoms with Crippen LogP contribution in [0.25, 0.3) is 11.0 Å². The number of aryl methyl sites for hydroxylation is 1. The highest BCUT2D eigenvalue weighted by molar-refractivity contribution is 5.82. The van der Waals surface area contributed by atoms with Crippen LogP contribution in [0.3, 0.4) is 0 Å². The third-order valence-electron chi connectivity index (χ3n) is 5.18. The van der Waals surface area contributed by atoms with Gasteiger partial charge in [-0.05, 0) is 30.7 Å². The van der Waals surface area contributed by atoms with Crippen molar-refractivity contribution in [2.45, 2.75) is 32.6 Å². The molecule has 0 saturated carbocycles. The zero-order chi connectivity index (χ0) is 19.3. The van der Waals surface area contributed by atoms with Crippen LogP contribution in [0, 0.1) is 0 Å². The summed E-state index contributed by atoms with van der Waals surface area (Å²) in [5.74, 6) is 1.08. The minimum Gasteiger partial charge on any atom is -0.351 e. The van der Waals surface area contributed by atoms with Crippen LogP contribution < -0.4 is 10.6 Å². The topological polar surface area (TPSA) is 75.1 Å². The van der Waals surface area contributed by atoms with Gasteiger partial charge in [0.1, 0.15) is 5.82 Å². The molecule has 7 nitrogen and oxygen atoms in total. The first-order valence-corrected chi connectivity index (χ1v) is 9.81. The van der Waals surface area contributed by atoms with Gasteiger partial charge in [0.05, 0.1) is 23.6 Å². The van der Waals surface area contributed by atoms with E-state index < -0.39 is 0 Å². The van der Waals surface area contributed by atoms with Gasteiger partial charge in [-0.1, -0.05) is 18.2 Å². The number of imidazole rings is 1. The molecule has 3 aromatic rings. The average Bonchev–Trinajstić information content (AvgIpc) is 3.09. The number of para-hydroxylation sites is 2. The van der Waals surface area contributed by atoms with Gasteiger partial charge in [-0.2, -0.15) is 0 Å². The molecule has 1 fully saturated rings. The number of carbonyl (C=O) groups excluding carboxylic acids is 1. The zero-order valence-corrected chi connectivity index (χ0v) is 16.1. The van der Waals surface area contributed by atoms with E-state index in [0.29, 0.717) is 13.1 Å². The fraction of sp³-hybridized carbons (Fsp3) is 0.381. The molecular formula is C21H26N6O. The van der Waals surface area contributed by atoms with E-state index in [1.165, 1.54) is 5.52 Å². The Bertz CT molecular complexity index is 938. The molecule has 0 radical (unpaired) electrons. The van der Waals surface area contributed by atoms with Crippen LogP contribution in [0.4, 0.5) is 0 Å². The fourth-order valence-corrected chi connectivity index (χ4v) is 3.74. The monoisotopic (exact) mass is 378 g/mol. The molecule has 1 amide bonds. The van der Waals surface area contributed by atoms with E-state index in [2.05, 4.69) is 44.1 Å². The molecule has 28 heavy (non-hydrogen) atoms. The van der Waals surface area contributed by atoms with E-state index >= 15 is 0 Å². The highest BCUT2D eigenvalue weighted by atomic mass is 16.2. The Labute approximate surface area is 164 Å². The molecule has 146 valence electrons. The molecule has 1 saturated heterocycles. The maximum Gasteiger partial charge on any atom is 0.238 e. The molecule has 2 aromatic heterocycles. The van der Waals surface area contributed by atoms with Crippen LogP contribution in [0.5, 0.6) is 0 Å². The Hall–Kier alpha value is -2.77. The number of benzene rings is 1. The van der Waals surface area contributed by atoms with Crippen LogP contribution in [-0.2, 0) is 24.4 Å². The van der Waals surface area contributed by atoms with Gasteiger partial charge in [0.15, 0.2) is 0 Å². The molecule has 1 aliphatic heterocycles. The van der Waals surface area contributed by atoms with Crippen molar-refractivity contribution in [2.24, 2.45) is 0 Å². The van der Waals surface area contributed by atoms with Gasteiger partial charge >= 0.3 is 0 Å². The van der Waals surface area contributed by atoms with Crippen molar-refractivity contribution in [3.05, 3.63) is 60.2 Å². The van der Waals surface area contributed by atoms with Gasteiger partial charge in [-0.15, -0.1) is 0 Å². The summed E-state index contributed by atoms with van der Waals surface area (Å²) in [4.78, 5) is 23.8. The van der Waals surface area contributed by atoms with Crippen molar-refractivity contribution in [1.29, 1.82) is 0 Å². The zero-order valence-electron chi connectivity index (χ0n) is 16.1. The van der Waals surface area contributed by atoms with E-state index in [4.69, 9.17) is 4.98 Å². The first-order valence-electron chi connectivity index (χ1n) is 9.81. The smallest absolute Gasteiger partial charge is 0.238 e. The van der Waals surface area contributed by atoms with Crippen LogP contribution in [0.1, 0.15) is 18.3 Å². The number of nitrogens with zero attached hydrogens (tertiary/aromatic N) is 4. The Morgan fingerprint density at radius 1 is 1.29 bits per heavy atom. The van der Waals surface area contributed by atoms with E-state index in [1.807, 2.05) is 24.3 Å². The van der Waals surface area contributed by atoms with Crippen LogP contribution >= 0.6 is 0 Å². The second-order valence-electron chi connectivity index (χ2n) is 7.08. The molecule has 2 N–H and O–H groups in total. The van der Waals surface area contributed by atoms with E-state index in [1.54, 1.807) is 12.4 Å². The number of aromatic nitrogens is 3. The summed E-state index contributed by atoms with van der Waals surface area (Å²) in [6, 6.07) is 11.9. The SMILES string of the molecule is CCn1c(CN2CCN[C@H](C(=O)NCc3cccnc3)C2)nc2ccccc21. The van der Waals surface area contributed by atoms with E-state index in [0.717, 1.165) is 43.1 Å². The summed E-state index contributed by atoms with van der Waals surface area (Å²) in [6.45, 7) is 6.64. The van der Waals surface area contributed by atoms with Gasteiger partial charge < -0.3 is 15.2 Å². The van der Waals surface area contributed by atoms with Crippen LogP contribution in [0.2, 0.25) is 0 Å². The fourth-order valence-electron chi connectivity index (χ4n) is 3.74. The lowest BCUT2D eigenvalue weighted by molar-refractivity contribution is -0.124. The minimum absolute atomic E-state index is 0.0255. The Kier molecular flexibility index (Phi) is 5.64. The summed E-state index contributed by atoms with van der Waals surface area (Å²) in [5.41, 5.74) is 3.20. The normalized spacial score (nSPS) is 17.7. The largest absolute Gasteiger partial charge is 0.351 e. The van der Waals surface area contributed by atoms with E-state index in [-0.39, 0.29) is 11.9 Å². The number of rotatable bonds is 6. The van der Waals surface area contributed by atoms with Gasteiger partial charge in [-0.25, -0.2) is 4.98 Å². The molecule has 1 aliphatic rings. The average molecular weight is 378 g/mol. The number of carbonyl (C=O) groups is 1. The van der Waals surface area contributed by atoms with Crippen molar-refractivity contribution in [3.8, 4) is 0 Å². The number of pyridine rings is 1.